The van der Waals surface area contributed by atoms with Crippen molar-refractivity contribution in [2.45, 2.75) is 17.0 Å². The summed E-state index contributed by atoms with van der Waals surface area (Å²) < 4.78 is 0.905. The van der Waals surface area contributed by atoms with E-state index in [1.165, 1.54) is 22.7 Å². The maximum Gasteiger partial charge on any atom is 0.345 e. The molecule has 0 spiro atoms. The zero-order chi connectivity index (χ0) is 11.5. The highest BCUT2D eigenvalue weighted by Gasteiger charge is 2.11. The zero-order valence-electron chi connectivity index (χ0n) is 8.34. The summed E-state index contributed by atoms with van der Waals surface area (Å²) in [5, 5.41) is 16.5. The fourth-order valence-corrected chi connectivity index (χ4v) is 3.65. The van der Waals surface area contributed by atoms with Crippen molar-refractivity contribution in [1.29, 1.82) is 0 Å². The molecule has 0 aliphatic rings. The summed E-state index contributed by atoms with van der Waals surface area (Å²) in [5.41, 5.74) is 2.74. The lowest BCUT2D eigenvalue weighted by molar-refractivity contribution is 0.0702. The van der Waals surface area contributed by atoms with E-state index in [4.69, 9.17) is 5.11 Å². The van der Waals surface area contributed by atoms with Crippen molar-refractivity contribution in [2.75, 3.05) is 0 Å². The SMILES string of the molecule is Cc1sc(C(=O)O)cc1CSc1nncs1. The number of hydrogen-bond donors (Lipinski definition) is 1. The highest BCUT2D eigenvalue weighted by molar-refractivity contribution is 8.00. The first-order valence-corrected chi connectivity index (χ1v) is 7.06. The Morgan fingerprint density at radius 2 is 2.44 bits per heavy atom. The van der Waals surface area contributed by atoms with Gasteiger partial charge in [0.15, 0.2) is 4.34 Å². The molecule has 0 fully saturated rings. The Labute approximate surface area is 104 Å². The lowest BCUT2D eigenvalue weighted by Gasteiger charge is -1.95. The molecule has 7 heteroatoms. The Kier molecular flexibility index (Phi) is 3.57. The number of thioether (sulfide) groups is 1. The third-order valence-corrected chi connectivity index (χ3v) is 4.91. The largest absolute Gasteiger partial charge is 0.477 e. The Morgan fingerprint density at radius 1 is 1.62 bits per heavy atom. The second-order valence-corrected chi connectivity index (χ2v) is 6.30. The molecule has 0 bridgehead atoms. The molecule has 0 saturated carbocycles. The molecule has 4 nitrogen and oxygen atoms in total. The predicted octanol–water partition coefficient (Wildman–Crippen LogP) is 2.90. The Bertz CT molecular complexity index is 493. The average molecular weight is 272 g/mol. The van der Waals surface area contributed by atoms with Gasteiger partial charge in [-0.15, -0.1) is 21.5 Å². The Hall–Kier alpha value is -0.920. The van der Waals surface area contributed by atoms with E-state index in [1.54, 1.807) is 23.3 Å². The van der Waals surface area contributed by atoms with Gasteiger partial charge in [0.05, 0.1) is 0 Å². The number of nitrogens with zero attached hydrogens (tertiary/aromatic N) is 2. The lowest BCUT2D eigenvalue weighted by atomic mass is 10.3. The van der Waals surface area contributed by atoms with E-state index in [2.05, 4.69) is 10.2 Å². The van der Waals surface area contributed by atoms with Crippen LogP contribution in [-0.2, 0) is 5.75 Å². The van der Waals surface area contributed by atoms with Crippen molar-refractivity contribution < 1.29 is 9.90 Å². The Balaban J connectivity index is 2.07. The van der Waals surface area contributed by atoms with Crippen LogP contribution < -0.4 is 0 Å². The van der Waals surface area contributed by atoms with Crippen LogP contribution in [0.15, 0.2) is 15.9 Å². The van der Waals surface area contributed by atoms with Crippen molar-refractivity contribution in [1.82, 2.24) is 10.2 Å². The number of aromatic nitrogens is 2. The number of hydrogen-bond acceptors (Lipinski definition) is 6. The minimum atomic E-state index is -0.861. The summed E-state index contributed by atoms with van der Waals surface area (Å²) in [4.78, 5) is 12.2. The monoisotopic (exact) mass is 272 g/mol. The van der Waals surface area contributed by atoms with Gasteiger partial charge in [-0.2, -0.15) is 0 Å². The predicted molar refractivity (Wildman–Crippen MR) is 65.5 cm³/mol. The van der Waals surface area contributed by atoms with Crippen LogP contribution in [0.5, 0.6) is 0 Å². The van der Waals surface area contributed by atoms with Gasteiger partial charge in [-0.25, -0.2) is 4.79 Å². The second kappa shape index (κ2) is 4.94. The smallest absolute Gasteiger partial charge is 0.345 e. The van der Waals surface area contributed by atoms with Crippen LogP contribution in [-0.4, -0.2) is 21.3 Å². The van der Waals surface area contributed by atoms with Crippen molar-refractivity contribution in [3.8, 4) is 0 Å². The normalized spacial score (nSPS) is 10.6. The van der Waals surface area contributed by atoms with Crippen molar-refractivity contribution >= 4 is 40.4 Å². The topological polar surface area (TPSA) is 63.1 Å². The first-order valence-electron chi connectivity index (χ1n) is 4.38. The number of thiophene rings is 1. The van der Waals surface area contributed by atoms with Crippen LogP contribution in [0.25, 0.3) is 0 Å². The molecular weight excluding hydrogens is 264 g/mol. The molecular formula is C9H8N2O2S3. The maximum atomic E-state index is 10.8. The van der Waals surface area contributed by atoms with Crippen LogP contribution in [0, 0.1) is 6.92 Å². The first kappa shape index (κ1) is 11.6. The van der Waals surface area contributed by atoms with Crippen molar-refractivity contribution in [2.24, 2.45) is 0 Å². The lowest BCUT2D eigenvalue weighted by Crippen LogP contribution is -1.90. The van der Waals surface area contributed by atoms with Crippen molar-refractivity contribution in [3.63, 3.8) is 0 Å². The molecule has 0 amide bonds. The van der Waals surface area contributed by atoms with Crippen LogP contribution >= 0.6 is 34.4 Å². The van der Waals surface area contributed by atoms with E-state index < -0.39 is 5.97 Å². The number of carboxylic acids is 1. The molecule has 2 aromatic rings. The van der Waals surface area contributed by atoms with Gasteiger partial charge < -0.3 is 5.11 Å². The zero-order valence-corrected chi connectivity index (χ0v) is 10.8. The standard InChI is InChI=1S/C9H8N2O2S3/c1-5-6(2-7(16-5)8(12)13)3-14-9-11-10-4-15-9/h2,4H,3H2,1H3,(H,12,13). The third-order valence-electron chi connectivity index (χ3n) is 1.92. The fourth-order valence-electron chi connectivity index (χ4n) is 1.13. The fraction of sp³-hybridized carbons (Fsp3) is 0.222. The van der Waals surface area contributed by atoms with Crippen LogP contribution in [0.3, 0.4) is 0 Å². The van der Waals surface area contributed by atoms with Gasteiger partial charge >= 0.3 is 5.97 Å². The van der Waals surface area contributed by atoms with E-state index in [1.807, 2.05) is 6.92 Å². The molecule has 0 aromatic carbocycles. The summed E-state index contributed by atoms with van der Waals surface area (Å²) in [7, 11) is 0. The van der Waals surface area contributed by atoms with Gasteiger partial charge in [0.2, 0.25) is 0 Å². The molecule has 2 heterocycles. The van der Waals surface area contributed by atoms with E-state index >= 15 is 0 Å². The van der Waals surface area contributed by atoms with Gasteiger partial charge in [-0.3, -0.25) is 0 Å². The number of aryl methyl sites for hydroxylation is 1. The molecule has 1 N–H and O–H groups in total. The Morgan fingerprint density at radius 3 is 3.00 bits per heavy atom. The second-order valence-electron chi connectivity index (χ2n) is 2.99. The number of rotatable bonds is 4. The summed E-state index contributed by atoms with van der Waals surface area (Å²) in [6, 6.07) is 1.73. The molecule has 0 saturated heterocycles. The number of carboxylic acid groups (broad SMARTS) is 1. The molecule has 0 aliphatic heterocycles. The molecule has 84 valence electrons. The average Bonchev–Trinajstić information content (AvgIpc) is 2.84. The maximum absolute atomic E-state index is 10.8. The van der Waals surface area contributed by atoms with E-state index in [0.29, 0.717) is 4.88 Å². The highest BCUT2D eigenvalue weighted by Crippen LogP contribution is 2.29. The molecule has 0 aliphatic carbocycles. The van der Waals surface area contributed by atoms with Gasteiger partial charge in [0.1, 0.15) is 10.4 Å². The summed E-state index contributed by atoms with van der Waals surface area (Å²) in [6.07, 6.45) is 0. The van der Waals surface area contributed by atoms with E-state index in [9.17, 15) is 4.79 Å². The van der Waals surface area contributed by atoms with E-state index in [-0.39, 0.29) is 0 Å². The number of aromatic carboxylic acids is 1. The van der Waals surface area contributed by atoms with E-state index in [0.717, 1.165) is 20.5 Å². The van der Waals surface area contributed by atoms with Gasteiger partial charge in [0.25, 0.3) is 0 Å². The first-order chi connectivity index (χ1) is 7.66. The molecule has 2 aromatic heterocycles. The van der Waals surface area contributed by atoms with Crippen LogP contribution in [0.1, 0.15) is 20.1 Å². The summed E-state index contributed by atoms with van der Waals surface area (Å²) in [6.45, 7) is 1.94. The molecule has 0 atom stereocenters. The van der Waals surface area contributed by atoms with Crippen LogP contribution in [0.4, 0.5) is 0 Å². The summed E-state index contributed by atoms with van der Waals surface area (Å²) in [5.74, 6) is -0.120. The van der Waals surface area contributed by atoms with Gasteiger partial charge in [-0.05, 0) is 18.6 Å². The molecule has 2 rings (SSSR count). The molecule has 0 unspecified atom stereocenters. The minimum absolute atomic E-state index is 0.394. The van der Waals surface area contributed by atoms with Crippen LogP contribution in [0.2, 0.25) is 0 Å². The highest BCUT2D eigenvalue weighted by atomic mass is 32.2. The number of carbonyl (C=O) groups is 1. The van der Waals surface area contributed by atoms with Gasteiger partial charge in [0, 0.05) is 10.6 Å². The van der Waals surface area contributed by atoms with Gasteiger partial charge in [-0.1, -0.05) is 23.1 Å². The minimum Gasteiger partial charge on any atom is -0.477 e. The summed E-state index contributed by atoms with van der Waals surface area (Å²) >= 11 is 4.38. The third kappa shape index (κ3) is 2.60. The van der Waals surface area contributed by atoms with Crippen molar-refractivity contribution in [3.05, 3.63) is 26.9 Å². The molecule has 16 heavy (non-hydrogen) atoms. The quantitative estimate of drug-likeness (QED) is 0.867. The molecule has 0 radical (unpaired) electrons.